The van der Waals surface area contributed by atoms with Crippen molar-refractivity contribution in [3.8, 4) is 11.8 Å². The predicted octanol–water partition coefficient (Wildman–Crippen LogP) is 1.90. The fourth-order valence-electron chi connectivity index (χ4n) is 5.04. The number of fused-ring (bicyclic) bond motifs is 5. The molecule has 0 saturated carbocycles. The lowest BCUT2D eigenvalue weighted by Crippen LogP contribution is -2.57. The van der Waals surface area contributed by atoms with Gasteiger partial charge in [-0.2, -0.15) is 0 Å². The first kappa shape index (κ1) is 25.3. The summed E-state index contributed by atoms with van der Waals surface area (Å²) >= 11 is 0. The standard InChI is InChI=1S/C20H37NO8Si4/c1-13(2)11-30-26-31(12-14(3)4)28-33(25,29-32(24)27-30)9-5-8-21-19(22)17-15-6-7-16(10-15)18(17)20(21)23/h6-7,13-16,22-25,30-32H,5,8-12H2,1-4H3. The van der Waals surface area contributed by atoms with Crippen LogP contribution in [0.4, 0.5) is 0 Å². The van der Waals surface area contributed by atoms with Gasteiger partial charge in [0.05, 0.1) is 0 Å². The zero-order valence-electron chi connectivity index (χ0n) is 19.8. The first-order chi connectivity index (χ1) is 15.6. The number of hydrogen-bond donors (Lipinski definition) is 4. The summed E-state index contributed by atoms with van der Waals surface area (Å²) in [5, 5.41) is 21.4. The molecule has 1 aliphatic heterocycles. The van der Waals surface area contributed by atoms with Crippen molar-refractivity contribution in [1.29, 1.82) is 0 Å². The summed E-state index contributed by atoms with van der Waals surface area (Å²) in [5.74, 6) is 1.24. The number of nitrogens with zero attached hydrogens (tertiary/aromatic N) is 1. The van der Waals surface area contributed by atoms with Crippen LogP contribution in [0.25, 0.3) is 0 Å². The van der Waals surface area contributed by atoms with Gasteiger partial charge in [0.25, 0.3) is 0 Å². The first-order valence-electron chi connectivity index (χ1n) is 12.0. The molecule has 1 saturated heterocycles. The van der Waals surface area contributed by atoms with Gasteiger partial charge >= 0.3 is 36.9 Å². The second-order valence-electron chi connectivity index (χ2n) is 10.2. The average Bonchev–Trinajstić information content (AvgIpc) is 3.35. The molecule has 9 nitrogen and oxygen atoms in total. The van der Waals surface area contributed by atoms with E-state index >= 15 is 0 Å². The highest BCUT2D eigenvalue weighted by molar-refractivity contribution is 6.77. The molecule has 13 heteroatoms. The van der Waals surface area contributed by atoms with Crippen LogP contribution in [0.2, 0.25) is 18.1 Å². The van der Waals surface area contributed by atoms with E-state index in [1.807, 2.05) is 0 Å². The Morgan fingerprint density at radius 2 is 1.55 bits per heavy atom. The molecule has 1 aromatic heterocycles. The fraction of sp³-hybridized carbons (Fsp3) is 0.700. The monoisotopic (exact) mass is 531 g/mol. The Balaban J connectivity index is 1.42. The van der Waals surface area contributed by atoms with Gasteiger partial charge in [0, 0.05) is 35.6 Å². The van der Waals surface area contributed by atoms with Crippen molar-refractivity contribution in [2.45, 2.75) is 77.0 Å². The molecule has 1 fully saturated rings. The number of aromatic nitrogens is 1. The minimum atomic E-state index is -3.73. The van der Waals surface area contributed by atoms with Gasteiger partial charge in [-0.25, -0.2) is 0 Å². The number of aromatic hydroxyl groups is 2. The van der Waals surface area contributed by atoms with Crippen LogP contribution in [0.1, 0.15) is 63.5 Å². The molecule has 1 aromatic rings. The van der Waals surface area contributed by atoms with E-state index in [1.54, 1.807) is 0 Å². The van der Waals surface area contributed by atoms with Crippen molar-refractivity contribution < 1.29 is 36.3 Å². The highest BCUT2D eigenvalue weighted by Gasteiger charge is 2.47. The summed E-state index contributed by atoms with van der Waals surface area (Å²) in [5.41, 5.74) is 1.65. The molecule has 186 valence electrons. The second kappa shape index (κ2) is 10.1. The summed E-state index contributed by atoms with van der Waals surface area (Å²) in [6.07, 6.45) is 5.50. The highest BCUT2D eigenvalue weighted by Crippen LogP contribution is 2.56. The minimum Gasteiger partial charge on any atom is -0.494 e. The lowest BCUT2D eigenvalue weighted by molar-refractivity contribution is 0.155. The Hall–Kier alpha value is -0.752. The topological polar surface area (TPSA) is 123 Å². The molecular weight excluding hydrogens is 495 g/mol. The molecule has 2 heterocycles. The molecule has 0 spiro atoms. The van der Waals surface area contributed by atoms with Gasteiger partial charge in [0.2, 0.25) is 0 Å². The van der Waals surface area contributed by atoms with Crippen LogP contribution < -0.4 is 0 Å². The average molecular weight is 532 g/mol. The van der Waals surface area contributed by atoms with Gasteiger partial charge < -0.3 is 36.3 Å². The number of allylic oxidation sites excluding steroid dienone is 2. The molecule has 6 atom stereocenters. The van der Waals surface area contributed by atoms with Gasteiger partial charge in [-0.05, 0) is 36.8 Å². The van der Waals surface area contributed by atoms with Gasteiger partial charge in [0.15, 0.2) is 11.8 Å². The summed E-state index contributed by atoms with van der Waals surface area (Å²) in [7, 11) is -11.2. The summed E-state index contributed by atoms with van der Waals surface area (Å²) < 4.78 is 25.4. The largest absolute Gasteiger partial charge is 0.494 e. The van der Waals surface area contributed by atoms with Crippen LogP contribution in [-0.2, 0) is 23.0 Å². The minimum absolute atomic E-state index is 0.100. The fourth-order valence-corrected chi connectivity index (χ4v) is 18.1. The van der Waals surface area contributed by atoms with Gasteiger partial charge in [-0.3, -0.25) is 4.57 Å². The van der Waals surface area contributed by atoms with Gasteiger partial charge in [-0.15, -0.1) is 0 Å². The second-order valence-corrected chi connectivity index (χ2v) is 19.5. The molecule has 0 aromatic carbocycles. The molecule has 0 amide bonds. The summed E-state index contributed by atoms with van der Waals surface area (Å²) in [4.78, 5) is 21.7. The molecule has 33 heavy (non-hydrogen) atoms. The highest BCUT2D eigenvalue weighted by atomic mass is 28.5. The van der Waals surface area contributed by atoms with Crippen molar-refractivity contribution in [2.24, 2.45) is 11.8 Å². The van der Waals surface area contributed by atoms with Crippen LogP contribution in [0, 0.1) is 11.8 Å². The maximum absolute atomic E-state index is 11.2. The van der Waals surface area contributed by atoms with Crippen LogP contribution in [0.5, 0.6) is 11.8 Å². The van der Waals surface area contributed by atoms with Crippen molar-refractivity contribution in [3.05, 3.63) is 23.3 Å². The van der Waals surface area contributed by atoms with Crippen LogP contribution >= 0.6 is 0 Å². The van der Waals surface area contributed by atoms with E-state index < -0.39 is 36.9 Å². The van der Waals surface area contributed by atoms with Crippen LogP contribution in [-0.4, -0.2) is 61.3 Å². The Morgan fingerprint density at radius 3 is 2.12 bits per heavy atom. The Kier molecular flexibility index (Phi) is 7.74. The normalized spacial score (nSPS) is 33.6. The lowest BCUT2D eigenvalue weighted by Gasteiger charge is -2.36. The van der Waals surface area contributed by atoms with Crippen molar-refractivity contribution in [2.75, 3.05) is 0 Å². The summed E-state index contributed by atoms with van der Waals surface area (Å²) in [6, 6.07) is 1.67. The third-order valence-electron chi connectivity index (χ3n) is 6.48. The van der Waals surface area contributed by atoms with Crippen molar-refractivity contribution >= 4 is 36.9 Å². The first-order valence-corrected chi connectivity index (χ1v) is 18.9. The summed E-state index contributed by atoms with van der Waals surface area (Å²) in [6.45, 7) is 8.65. The number of rotatable bonds is 8. The van der Waals surface area contributed by atoms with E-state index in [0.717, 1.165) is 29.6 Å². The van der Waals surface area contributed by atoms with Crippen molar-refractivity contribution in [3.63, 3.8) is 0 Å². The van der Waals surface area contributed by atoms with E-state index in [9.17, 15) is 19.8 Å². The van der Waals surface area contributed by atoms with Gasteiger partial charge in [0.1, 0.15) is 0 Å². The van der Waals surface area contributed by atoms with E-state index in [4.69, 9.17) is 16.5 Å². The third kappa shape index (κ3) is 5.57. The molecule has 2 aliphatic carbocycles. The molecule has 4 rings (SSSR count). The maximum atomic E-state index is 11.2. The molecule has 4 N–H and O–H groups in total. The maximum Gasteiger partial charge on any atom is 0.481 e. The van der Waals surface area contributed by atoms with Gasteiger partial charge in [-0.1, -0.05) is 39.8 Å². The van der Waals surface area contributed by atoms with E-state index in [0.29, 0.717) is 24.8 Å². The Labute approximate surface area is 201 Å². The van der Waals surface area contributed by atoms with E-state index in [-0.39, 0.29) is 29.6 Å². The van der Waals surface area contributed by atoms with E-state index in [1.165, 1.54) is 4.57 Å². The van der Waals surface area contributed by atoms with Crippen molar-refractivity contribution in [1.82, 2.24) is 4.57 Å². The predicted molar refractivity (Wildman–Crippen MR) is 132 cm³/mol. The zero-order valence-corrected chi connectivity index (χ0v) is 24.3. The smallest absolute Gasteiger partial charge is 0.481 e. The Bertz CT molecular complexity index is 845. The quantitative estimate of drug-likeness (QED) is 0.296. The lowest BCUT2D eigenvalue weighted by atomic mass is 10.0. The number of hydrogen-bond acceptors (Lipinski definition) is 8. The zero-order chi connectivity index (χ0) is 23.9. The van der Waals surface area contributed by atoms with E-state index in [2.05, 4.69) is 39.8 Å². The molecule has 2 bridgehead atoms. The third-order valence-corrected chi connectivity index (χ3v) is 19.5. The Morgan fingerprint density at radius 1 is 0.970 bits per heavy atom. The molecule has 3 aliphatic rings. The molecular formula is C20H37NO8Si4. The molecule has 6 unspecified atom stereocenters. The molecule has 0 radical (unpaired) electrons. The SMILES string of the molecule is CC(C)C[SiH]1O[SiH](O)O[Si](O)(CCCn2c(O)c3c(c2O)C2C=CC3C2)O[SiH](CC(C)C)O1. The van der Waals surface area contributed by atoms with Crippen LogP contribution in [0.3, 0.4) is 0 Å². The van der Waals surface area contributed by atoms with Crippen LogP contribution in [0.15, 0.2) is 12.2 Å².